The average Bonchev–Trinajstić information content (AvgIpc) is 3.49. The number of nitrogens with one attached hydrogen (secondary N) is 2. The van der Waals surface area contributed by atoms with E-state index < -0.39 is 10.8 Å². The van der Waals surface area contributed by atoms with E-state index in [0.29, 0.717) is 17.2 Å². The van der Waals surface area contributed by atoms with E-state index in [2.05, 4.69) is 10.6 Å². The van der Waals surface area contributed by atoms with Crippen molar-refractivity contribution in [3.8, 4) is 22.6 Å². The number of thiocarbonyl (C=S) groups is 1. The minimum atomic E-state index is -0.605. The number of aliphatic hydroxyl groups is 1. The van der Waals surface area contributed by atoms with Gasteiger partial charge in [0.1, 0.15) is 23.9 Å². The Balaban J connectivity index is 1.43. The zero-order valence-corrected chi connectivity index (χ0v) is 17.8. The number of anilines is 1. The first-order valence-corrected chi connectivity index (χ1v) is 10.1. The van der Waals surface area contributed by atoms with Crippen molar-refractivity contribution in [2.45, 2.75) is 6.61 Å². The van der Waals surface area contributed by atoms with Crippen molar-refractivity contribution in [1.29, 1.82) is 0 Å². The quantitative estimate of drug-likeness (QED) is 0.212. The van der Waals surface area contributed by atoms with E-state index in [-0.39, 0.29) is 34.5 Å². The summed E-state index contributed by atoms with van der Waals surface area (Å²) >= 11 is 5.22. The van der Waals surface area contributed by atoms with Crippen LogP contribution in [-0.2, 0) is 6.61 Å². The molecule has 1 amide bonds. The molecule has 2 aromatic carbocycles. The Morgan fingerprint density at radius 3 is 2.55 bits per heavy atom. The second-order valence-corrected chi connectivity index (χ2v) is 7.26. The normalized spacial score (nSPS) is 10.6. The summed E-state index contributed by atoms with van der Waals surface area (Å²) in [5, 5.41) is 25.8. The lowest BCUT2D eigenvalue weighted by molar-refractivity contribution is -0.384. The summed E-state index contributed by atoms with van der Waals surface area (Å²) in [5.41, 5.74) is 1.51. The standard InChI is InChI=1S/C23H17N3O6S/c27-13-16-8-9-19(31-16)14-4-3-5-15(12-14)24-23(33)25-22(28)21-11-10-20(32-21)17-6-1-2-7-18(17)26(29)30/h1-12,27H,13H2,(H2,24,25,28,33). The molecule has 9 nitrogen and oxygen atoms in total. The molecule has 3 N–H and O–H groups in total. The number of nitro benzene ring substituents is 1. The van der Waals surface area contributed by atoms with Gasteiger partial charge in [-0.15, -0.1) is 0 Å². The molecule has 0 aliphatic rings. The van der Waals surface area contributed by atoms with Crippen LogP contribution in [0.4, 0.5) is 11.4 Å². The molecule has 0 spiro atoms. The fourth-order valence-corrected chi connectivity index (χ4v) is 3.35. The second kappa shape index (κ2) is 9.47. The number of amides is 1. The van der Waals surface area contributed by atoms with Crippen LogP contribution in [0.3, 0.4) is 0 Å². The highest BCUT2D eigenvalue weighted by Crippen LogP contribution is 2.31. The number of carbonyl (C=O) groups excluding carboxylic acids is 1. The third-order valence-electron chi connectivity index (χ3n) is 4.65. The zero-order valence-electron chi connectivity index (χ0n) is 17.0. The van der Waals surface area contributed by atoms with Crippen molar-refractivity contribution in [2.24, 2.45) is 0 Å². The molecule has 2 heterocycles. The Bertz CT molecular complexity index is 1340. The molecule has 166 valence electrons. The van der Waals surface area contributed by atoms with Gasteiger partial charge >= 0.3 is 0 Å². The van der Waals surface area contributed by atoms with Crippen molar-refractivity contribution in [3.63, 3.8) is 0 Å². The van der Waals surface area contributed by atoms with E-state index in [1.807, 2.05) is 6.07 Å². The fourth-order valence-electron chi connectivity index (χ4n) is 3.14. The molecule has 0 saturated heterocycles. The van der Waals surface area contributed by atoms with Crippen LogP contribution in [0.25, 0.3) is 22.6 Å². The number of nitro groups is 1. The summed E-state index contributed by atoms with van der Waals surface area (Å²) in [5.74, 6) is 0.570. The summed E-state index contributed by atoms with van der Waals surface area (Å²) in [4.78, 5) is 23.2. The van der Waals surface area contributed by atoms with Gasteiger partial charge in [0, 0.05) is 17.3 Å². The minimum Gasteiger partial charge on any atom is -0.459 e. The van der Waals surface area contributed by atoms with Crippen molar-refractivity contribution < 1.29 is 23.7 Å². The topological polar surface area (TPSA) is 131 Å². The van der Waals surface area contributed by atoms with Gasteiger partial charge in [0.15, 0.2) is 10.9 Å². The molecule has 0 aliphatic carbocycles. The summed E-state index contributed by atoms with van der Waals surface area (Å²) in [6.07, 6.45) is 0. The Morgan fingerprint density at radius 2 is 1.79 bits per heavy atom. The number of hydrogen-bond acceptors (Lipinski definition) is 7. The van der Waals surface area contributed by atoms with E-state index in [0.717, 1.165) is 5.56 Å². The van der Waals surface area contributed by atoms with E-state index in [4.69, 9.17) is 26.2 Å². The maximum absolute atomic E-state index is 12.5. The molecule has 2 aromatic heterocycles. The SMILES string of the molecule is O=C(NC(=S)Nc1cccc(-c2ccc(CO)o2)c1)c1ccc(-c2ccccc2[N+](=O)[O-])o1. The summed E-state index contributed by atoms with van der Waals surface area (Å²) < 4.78 is 11.1. The summed E-state index contributed by atoms with van der Waals surface area (Å²) in [6.45, 7) is -0.194. The first kappa shape index (κ1) is 21.9. The number of para-hydroxylation sites is 1. The van der Waals surface area contributed by atoms with Gasteiger partial charge in [-0.1, -0.05) is 24.3 Å². The Hall–Kier alpha value is -4.28. The molecule has 33 heavy (non-hydrogen) atoms. The lowest BCUT2D eigenvalue weighted by atomic mass is 10.1. The third kappa shape index (κ3) is 4.97. The molecule has 0 aliphatic heterocycles. The van der Waals surface area contributed by atoms with Crippen LogP contribution in [-0.4, -0.2) is 21.0 Å². The molecule has 0 bridgehead atoms. The lowest BCUT2D eigenvalue weighted by Gasteiger charge is -2.09. The predicted octanol–water partition coefficient (Wildman–Crippen LogP) is 4.73. The Labute approximate surface area is 192 Å². The maximum Gasteiger partial charge on any atom is 0.293 e. The van der Waals surface area contributed by atoms with E-state index in [1.165, 1.54) is 18.2 Å². The number of carbonyl (C=O) groups is 1. The number of nitrogens with zero attached hydrogens (tertiary/aromatic N) is 1. The lowest BCUT2D eigenvalue weighted by Crippen LogP contribution is -2.33. The van der Waals surface area contributed by atoms with Crippen molar-refractivity contribution in [1.82, 2.24) is 5.32 Å². The van der Waals surface area contributed by atoms with E-state index in [9.17, 15) is 14.9 Å². The first-order valence-electron chi connectivity index (χ1n) is 9.70. The largest absolute Gasteiger partial charge is 0.459 e. The molecular formula is C23H17N3O6S. The van der Waals surface area contributed by atoms with Gasteiger partial charge in [-0.2, -0.15) is 0 Å². The Kier molecular flexibility index (Phi) is 6.29. The number of hydrogen-bond donors (Lipinski definition) is 3. The van der Waals surface area contributed by atoms with Gasteiger partial charge in [-0.05, 0) is 54.7 Å². The highest BCUT2D eigenvalue weighted by molar-refractivity contribution is 7.80. The summed E-state index contributed by atoms with van der Waals surface area (Å²) in [7, 11) is 0. The third-order valence-corrected chi connectivity index (χ3v) is 4.85. The highest BCUT2D eigenvalue weighted by atomic mass is 32.1. The number of aliphatic hydroxyl groups excluding tert-OH is 1. The van der Waals surface area contributed by atoms with Gasteiger partial charge in [-0.3, -0.25) is 20.2 Å². The van der Waals surface area contributed by atoms with Crippen molar-refractivity contribution >= 4 is 34.6 Å². The predicted molar refractivity (Wildman–Crippen MR) is 125 cm³/mol. The number of benzene rings is 2. The van der Waals surface area contributed by atoms with Gasteiger partial charge in [0.2, 0.25) is 0 Å². The summed E-state index contributed by atoms with van der Waals surface area (Å²) in [6, 6.07) is 19.6. The molecule has 10 heteroatoms. The van der Waals surface area contributed by atoms with Crippen LogP contribution in [0.5, 0.6) is 0 Å². The molecule has 0 atom stereocenters. The van der Waals surface area contributed by atoms with Crippen LogP contribution in [0.1, 0.15) is 16.3 Å². The zero-order chi connectivity index (χ0) is 23.4. The molecule has 4 rings (SSSR count). The molecule has 0 unspecified atom stereocenters. The van der Waals surface area contributed by atoms with Crippen molar-refractivity contribution in [2.75, 3.05) is 5.32 Å². The maximum atomic E-state index is 12.5. The number of rotatable bonds is 6. The van der Waals surface area contributed by atoms with Crippen LogP contribution in [0, 0.1) is 10.1 Å². The average molecular weight is 463 g/mol. The molecular weight excluding hydrogens is 446 g/mol. The van der Waals surface area contributed by atoms with Gasteiger partial charge in [-0.25, -0.2) is 0 Å². The monoisotopic (exact) mass is 463 g/mol. The number of furan rings is 2. The highest BCUT2D eigenvalue weighted by Gasteiger charge is 2.19. The molecule has 4 aromatic rings. The molecule has 0 fully saturated rings. The fraction of sp³-hybridized carbons (Fsp3) is 0.0435. The first-order chi connectivity index (χ1) is 15.9. The second-order valence-electron chi connectivity index (χ2n) is 6.85. The van der Waals surface area contributed by atoms with Crippen LogP contribution in [0.2, 0.25) is 0 Å². The van der Waals surface area contributed by atoms with Gasteiger partial charge < -0.3 is 19.3 Å². The molecule has 0 radical (unpaired) electrons. The molecule has 0 saturated carbocycles. The Morgan fingerprint density at radius 1 is 1.00 bits per heavy atom. The van der Waals surface area contributed by atoms with Crippen LogP contribution in [0.15, 0.2) is 81.6 Å². The minimum absolute atomic E-state index is 0.0382. The van der Waals surface area contributed by atoms with Crippen LogP contribution < -0.4 is 10.6 Å². The van der Waals surface area contributed by atoms with Crippen LogP contribution >= 0.6 is 12.2 Å². The van der Waals surface area contributed by atoms with E-state index in [1.54, 1.807) is 48.5 Å². The van der Waals surface area contributed by atoms with Gasteiger partial charge in [0.05, 0.1) is 10.5 Å². The van der Waals surface area contributed by atoms with Crippen molar-refractivity contribution in [3.05, 3.63) is 94.4 Å². The smallest absolute Gasteiger partial charge is 0.293 e. The van der Waals surface area contributed by atoms with Gasteiger partial charge in [0.25, 0.3) is 11.6 Å². The van der Waals surface area contributed by atoms with E-state index >= 15 is 0 Å².